The van der Waals surface area contributed by atoms with Crippen LogP contribution < -0.4 is 16.8 Å². The highest BCUT2D eigenvalue weighted by Gasteiger charge is 2.10. The highest BCUT2D eigenvalue weighted by Crippen LogP contribution is 2.19. The van der Waals surface area contributed by atoms with Crippen molar-refractivity contribution in [3.05, 3.63) is 36.0 Å². The number of carbonyl (C=O) groups excluding carboxylic acids is 2. The number of aromatic nitrogens is 1. The van der Waals surface area contributed by atoms with Crippen molar-refractivity contribution in [2.45, 2.75) is 0 Å². The molecule has 1 aromatic carbocycles. The van der Waals surface area contributed by atoms with Gasteiger partial charge in [0.1, 0.15) is 18.1 Å². The number of nitrogens with two attached hydrogens (primary N) is 2. The normalized spacial score (nSPS) is 10.2. The van der Waals surface area contributed by atoms with E-state index in [1.54, 1.807) is 6.07 Å². The van der Waals surface area contributed by atoms with Gasteiger partial charge in [0.2, 0.25) is 0 Å². The molecular formula is C13H14N4O3. The average Bonchev–Trinajstić information content (AvgIpc) is 2.43. The first-order valence-corrected chi connectivity index (χ1v) is 5.93. The van der Waals surface area contributed by atoms with Gasteiger partial charge in [-0.2, -0.15) is 0 Å². The second-order valence-corrected chi connectivity index (χ2v) is 4.04. The molecule has 2 rings (SSSR count). The van der Waals surface area contributed by atoms with Gasteiger partial charge in [0.25, 0.3) is 5.91 Å². The number of anilines is 1. The van der Waals surface area contributed by atoms with Crippen molar-refractivity contribution in [2.75, 3.05) is 18.9 Å². The van der Waals surface area contributed by atoms with Crippen molar-refractivity contribution in [3.8, 4) is 0 Å². The second-order valence-electron chi connectivity index (χ2n) is 4.04. The Balaban J connectivity index is 2.08. The third kappa shape index (κ3) is 3.14. The highest BCUT2D eigenvalue weighted by molar-refractivity contribution is 5.99. The Bertz CT molecular complexity index is 657. The Kier molecular flexibility index (Phi) is 3.99. The van der Waals surface area contributed by atoms with Crippen LogP contribution in [0, 0.1) is 0 Å². The van der Waals surface area contributed by atoms with Gasteiger partial charge < -0.3 is 21.5 Å². The Labute approximate surface area is 114 Å². The van der Waals surface area contributed by atoms with Gasteiger partial charge in [0.15, 0.2) is 0 Å². The smallest absolute Gasteiger partial charge is 0.404 e. The number of nitrogen functional groups attached to an aromatic ring is 1. The maximum absolute atomic E-state index is 11.9. The van der Waals surface area contributed by atoms with Gasteiger partial charge in [-0.05, 0) is 11.5 Å². The van der Waals surface area contributed by atoms with Crippen molar-refractivity contribution >= 4 is 28.6 Å². The van der Waals surface area contributed by atoms with Gasteiger partial charge in [-0.25, -0.2) is 9.78 Å². The Morgan fingerprint density at radius 1 is 1.30 bits per heavy atom. The van der Waals surface area contributed by atoms with E-state index in [9.17, 15) is 9.59 Å². The van der Waals surface area contributed by atoms with Crippen LogP contribution in [0.1, 0.15) is 10.5 Å². The van der Waals surface area contributed by atoms with Crippen LogP contribution in [0.4, 0.5) is 10.6 Å². The largest absolute Gasteiger partial charge is 0.448 e. The fourth-order valence-corrected chi connectivity index (χ4v) is 1.75. The fourth-order valence-electron chi connectivity index (χ4n) is 1.75. The van der Waals surface area contributed by atoms with Crippen LogP contribution in [0.3, 0.4) is 0 Å². The van der Waals surface area contributed by atoms with E-state index >= 15 is 0 Å². The number of ether oxygens (including phenoxy) is 1. The maximum atomic E-state index is 11.9. The number of hydrogen-bond acceptors (Lipinski definition) is 5. The summed E-state index contributed by atoms with van der Waals surface area (Å²) in [5.74, 6) is -0.0999. The van der Waals surface area contributed by atoms with Crippen LogP contribution in [0.2, 0.25) is 0 Å². The Morgan fingerprint density at radius 3 is 2.80 bits per heavy atom. The molecule has 0 aliphatic carbocycles. The highest BCUT2D eigenvalue weighted by atomic mass is 16.5. The predicted octanol–water partition coefficient (Wildman–Crippen LogP) is 0.642. The zero-order valence-corrected chi connectivity index (χ0v) is 10.6. The number of nitrogens with one attached hydrogen (secondary N) is 1. The van der Waals surface area contributed by atoms with Gasteiger partial charge in [-0.3, -0.25) is 4.79 Å². The quantitative estimate of drug-likeness (QED) is 0.706. The van der Waals surface area contributed by atoms with Crippen LogP contribution in [0.15, 0.2) is 30.3 Å². The first-order chi connectivity index (χ1) is 9.58. The summed E-state index contributed by atoms with van der Waals surface area (Å²) in [6, 6.07) is 9.03. The summed E-state index contributed by atoms with van der Waals surface area (Å²) >= 11 is 0. The first-order valence-electron chi connectivity index (χ1n) is 5.93. The standard InChI is InChI=1S/C13H14N4O3/c14-11-9-4-2-1-3-8(9)7-10(17-11)12(18)16-5-6-20-13(15)19/h1-4,7H,5-6H2,(H2,14,17)(H2,15,19)(H,16,18). The summed E-state index contributed by atoms with van der Waals surface area (Å²) in [5, 5.41) is 4.18. The van der Waals surface area contributed by atoms with Gasteiger partial charge in [0, 0.05) is 5.39 Å². The van der Waals surface area contributed by atoms with Gasteiger partial charge >= 0.3 is 6.09 Å². The van der Waals surface area contributed by atoms with Crippen molar-refractivity contribution in [3.63, 3.8) is 0 Å². The number of nitrogens with zero attached hydrogens (tertiary/aromatic N) is 1. The molecule has 1 heterocycles. The number of hydrogen-bond donors (Lipinski definition) is 3. The van der Waals surface area contributed by atoms with E-state index in [4.69, 9.17) is 11.5 Å². The predicted molar refractivity (Wildman–Crippen MR) is 74.0 cm³/mol. The lowest BCUT2D eigenvalue weighted by Crippen LogP contribution is -2.29. The molecule has 0 fully saturated rings. The molecule has 20 heavy (non-hydrogen) atoms. The summed E-state index contributed by atoms with van der Waals surface area (Å²) in [7, 11) is 0. The molecule has 5 N–H and O–H groups in total. The van der Waals surface area contributed by atoms with E-state index < -0.39 is 12.0 Å². The lowest BCUT2D eigenvalue weighted by molar-refractivity contribution is 0.0932. The number of amides is 2. The molecule has 104 valence electrons. The topological polar surface area (TPSA) is 120 Å². The molecule has 0 spiro atoms. The SMILES string of the molecule is NC(=O)OCCNC(=O)c1cc2ccccc2c(N)n1. The zero-order valence-electron chi connectivity index (χ0n) is 10.6. The van der Waals surface area contributed by atoms with Crippen LogP contribution >= 0.6 is 0 Å². The first kappa shape index (κ1) is 13.6. The van der Waals surface area contributed by atoms with E-state index in [0.717, 1.165) is 10.8 Å². The minimum absolute atomic E-state index is 0.00410. The minimum atomic E-state index is -0.882. The molecule has 0 aliphatic rings. The summed E-state index contributed by atoms with van der Waals surface area (Å²) in [4.78, 5) is 26.3. The molecule has 0 radical (unpaired) electrons. The molecule has 0 unspecified atom stereocenters. The Hall–Kier alpha value is -2.83. The third-order valence-corrected chi connectivity index (χ3v) is 2.63. The Morgan fingerprint density at radius 2 is 2.05 bits per heavy atom. The van der Waals surface area contributed by atoms with Crippen molar-refractivity contribution in [2.24, 2.45) is 5.73 Å². The number of pyridine rings is 1. The molecule has 2 aromatic rings. The third-order valence-electron chi connectivity index (χ3n) is 2.63. The molecular weight excluding hydrogens is 260 g/mol. The molecule has 7 heteroatoms. The van der Waals surface area contributed by atoms with Crippen LogP contribution in [-0.4, -0.2) is 30.1 Å². The second kappa shape index (κ2) is 5.87. The van der Waals surface area contributed by atoms with Gasteiger partial charge in [-0.1, -0.05) is 24.3 Å². The molecule has 0 aliphatic heterocycles. The number of carbonyl (C=O) groups is 2. The van der Waals surface area contributed by atoms with Gasteiger partial charge in [-0.15, -0.1) is 0 Å². The van der Waals surface area contributed by atoms with Crippen molar-refractivity contribution < 1.29 is 14.3 Å². The molecule has 0 saturated heterocycles. The molecule has 1 aromatic heterocycles. The van der Waals surface area contributed by atoms with Crippen LogP contribution in [0.25, 0.3) is 10.8 Å². The van der Waals surface area contributed by atoms with E-state index in [1.807, 2.05) is 24.3 Å². The lowest BCUT2D eigenvalue weighted by atomic mass is 10.1. The number of primary amides is 1. The fraction of sp³-hybridized carbons (Fsp3) is 0.154. The average molecular weight is 274 g/mol. The van der Waals surface area contributed by atoms with Crippen molar-refractivity contribution in [1.29, 1.82) is 0 Å². The van der Waals surface area contributed by atoms with E-state index in [2.05, 4.69) is 15.0 Å². The van der Waals surface area contributed by atoms with Crippen molar-refractivity contribution in [1.82, 2.24) is 10.3 Å². The molecule has 7 nitrogen and oxygen atoms in total. The monoisotopic (exact) mass is 274 g/mol. The molecule has 0 saturated carbocycles. The summed E-state index contributed by atoms with van der Waals surface area (Å²) in [6.45, 7) is 0.153. The van der Waals surface area contributed by atoms with Crippen LogP contribution in [0.5, 0.6) is 0 Å². The van der Waals surface area contributed by atoms with Crippen LogP contribution in [-0.2, 0) is 4.74 Å². The van der Waals surface area contributed by atoms with E-state index in [0.29, 0.717) is 5.82 Å². The molecule has 0 atom stereocenters. The van der Waals surface area contributed by atoms with E-state index in [1.165, 1.54) is 0 Å². The maximum Gasteiger partial charge on any atom is 0.404 e. The van der Waals surface area contributed by atoms with Gasteiger partial charge in [0.05, 0.1) is 6.54 Å². The molecule has 0 bridgehead atoms. The number of rotatable bonds is 4. The summed E-state index contributed by atoms with van der Waals surface area (Å²) < 4.78 is 4.50. The molecule has 2 amide bonds. The minimum Gasteiger partial charge on any atom is -0.448 e. The zero-order chi connectivity index (χ0) is 14.5. The summed E-state index contributed by atoms with van der Waals surface area (Å²) in [6.07, 6.45) is -0.882. The lowest BCUT2D eigenvalue weighted by Gasteiger charge is -2.07. The number of benzene rings is 1. The van der Waals surface area contributed by atoms with E-state index in [-0.39, 0.29) is 18.8 Å². The number of fused-ring (bicyclic) bond motifs is 1. The summed E-state index contributed by atoms with van der Waals surface area (Å²) in [5.41, 5.74) is 10.8.